The Balaban J connectivity index is 2.49. The monoisotopic (exact) mass is 190 g/mol. The molecule has 76 valence electrons. The Hall–Kier alpha value is -0.820. The van der Waals surface area contributed by atoms with E-state index in [2.05, 4.69) is 26.8 Å². The van der Waals surface area contributed by atoms with Gasteiger partial charge < -0.3 is 4.74 Å². The molecule has 1 heteroatoms. The van der Waals surface area contributed by atoms with Gasteiger partial charge in [0.1, 0.15) is 0 Å². The standard InChI is InChI=1S/C13H18O/c1-4-5-11-6-12-7-14-8-13(12)10(3)9(11)2/h6H,4-5,7-8H2,1-3H3. The van der Waals surface area contributed by atoms with Crippen molar-refractivity contribution >= 4 is 0 Å². The summed E-state index contributed by atoms with van der Waals surface area (Å²) >= 11 is 0. The predicted octanol–water partition coefficient (Wildman–Crippen LogP) is 3.29. The van der Waals surface area contributed by atoms with Crippen LogP contribution in [0.5, 0.6) is 0 Å². The van der Waals surface area contributed by atoms with Crippen molar-refractivity contribution in [1.29, 1.82) is 0 Å². The minimum absolute atomic E-state index is 0.813. The number of benzene rings is 1. The maximum atomic E-state index is 5.48. The first kappa shape index (κ1) is 9.72. The molecule has 1 aliphatic heterocycles. The molecule has 1 heterocycles. The van der Waals surface area contributed by atoms with Crippen molar-refractivity contribution in [2.75, 3.05) is 0 Å². The van der Waals surface area contributed by atoms with Crippen LogP contribution in [0, 0.1) is 13.8 Å². The number of hydrogen-bond acceptors (Lipinski definition) is 1. The van der Waals surface area contributed by atoms with Crippen molar-refractivity contribution in [3.8, 4) is 0 Å². The smallest absolute Gasteiger partial charge is 0.0727 e. The van der Waals surface area contributed by atoms with E-state index in [9.17, 15) is 0 Å². The van der Waals surface area contributed by atoms with Crippen LogP contribution in [0.1, 0.15) is 41.2 Å². The minimum Gasteiger partial charge on any atom is -0.372 e. The van der Waals surface area contributed by atoms with E-state index < -0.39 is 0 Å². The average Bonchev–Trinajstić information content (AvgIpc) is 2.62. The quantitative estimate of drug-likeness (QED) is 0.695. The third-order valence-corrected chi connectivity index (χ3v) is 3.26. The van der Waals surface area contributed by atoms with Crippen molar-refractivity contribution < 1.29 is 4.74 Å². The molecule has 0 N–H and O–H groups in total. The number of ether oxygens (including phenoxy) is 1. The summed E-state index contributed by atoms with van der Waals surface area (Å²) in [7, 11) is 0. The zero-order valence-electron chi connectivity index (χ0n) is 9.31. The largest absolute Gasteiger partial charge is 0.372 e. The lowest BCUT2D eigenvalue weighted by Gasteiger charge is -2.12. The zero-order valence-corrected chi connectivity index (χ0v) is 9.31. The van der Waals surface area contributed by atoms with Gasteiger partial charge in [0.25, 0.3) is 0 Å². The molecule has 14 heavy (non-hydrogen) atoms. The van der Waals surface area contributed by atoms with Crippen molar-refractivity contribution in [1.82, 2.24) is 0 Å². The molecule has 1 aliphatic rings. The predicted molar refractivity (Wildman–Crippen MR) is 58.4 cm³/mol. The molecule has 0 fully saturated rings. The van der Waals surface area contributed by atoms with Crippen LogP contribution in [-0.2, 0) is 24.4 Å². The molecular formula is C13H18O. The normalized spacial score (nSPS) is 14.5. The van der Waals surface area contributed by atoms with E-state index in [0.717, 1.165) is 13.2 Å². The molecule has 0 aromatic heterocycles. The lowest BCUT2D eigenvalue weighted by atomic mass is 9.93. The van der Waals surface area contributed by atoms with Crippen LogP contribution in [-0.4, -0.2) is 0 Å². The van der Waals surface area contributed by atoms with Crippen molar-refractivity contribution in [3.05, 3.63) is 33.9 Å². The van der Waals surface area contributed by atoms with E-state index in [1.54, 1.807) is 0 Å². The molecule has 0 radical (unpaired) electrons. The summed E-state index contributed by atoms with van der Waals surface area (Å²) in [6.45, 7) is 8.32. The first-order chi connectivity index (χ1) is 6.74. The highest BCUT2D eigenvalue weighted by molar-refractivity contribution is 5.45. The number of aryl methyl sites for hydroxylation is 1. The van der Waals surface area contributed by atoms with E-state index in [4.69, 9.17) is 4.74 Å². The number of rotatable bonds is 2. The van der Waals surface area contributed by atoms with Crippen molar-refractivity contribution in [2.45, 2.75) is 46.8 Å². The highest BCUT2D eigenvalue weighted by Crippen LogP contribution is 2.28. The molecule has 0 saturated carbocycles. The van der Waals surface area contributed by atoms with Gasteiger partial charge in [-0.3, -0.25) is 0 Å². The Morgan fingerprint density at radius 2 is 2.00 bits per heavy atom. The van der Waals surface area contributed by atoms with E-state index in [-0.39, 0.29) is 0 Å². The second kappa shape index (κ2) is 3.74. The van der Waals surface area contributed by atoms with E-state index in [1.165, 1.54) is 40.7 Å². The highest BCUT2D eigenvalue weighted by Gasteiger charge is 2.16. The molecule has 0 atom stereocenters. The Morgan fingerprint density at radius 1 is 1.21 bits per heavy atom. The summed E-state index contributed by atoms with van der Waals surface area (Å²) in [5.74, 6) is 0. The van der Waals surface area contributed by atoms with Gasteiger partial charge in [0.05, 0.1) is 13.2 Å². The first-order valence-corrected chi connectivity index (χ1v) is 5.42. The Bertz CT molecular complexity index is 353. The lowest BCUT2D eigenvalue weighted by molar-refractivity contribution is 0.134. The van der Waals surface area contributed by atoms with Crippen molar-refractivity contribution in [2.24, 2.45) is 0 Å². The van der Waals surface area contributed by atoms with Gasteiger partial charge in [-0.25, -0.2) is 0 Å². The topological polar surface area (TPSA) is 9.23 Å². The van der Waals surface area contributed by atoms with Gasteiger partial charge in [-0.15, -0.1) is 0 Å². The fourth-order valence-corrected chi connectivity index (χ4v) is 2.24. The molecular weight excluding hydrogens is 172 g/mol. The maximum Gasteiger partial charge on any atom is 0.0727 e. The van der Waals surface area contributed by atoms with E-state index >= 15 is 0 Å². The maximum absolute atomic E-state index is 5.48. The minimum atomic E-state index is 0.813. The summed E-state index contributed by atoms with van der Waals surface area (Å²) in [6, 6.07) is 2.34. The van der Waals surface area contributed by atoms with Gasteiger partial charge in [0, 0.05) is 0 Å². The molecule has 0 spiro atoms. The third-order valence-electron chi connectivity index (χ3n) is 3.26. The van der Waals surface area contributed by atoms with Crippen LogP contribution in [0.4, 0.5) is 0 Å². The third kappa shape index (κ3) is 1.46. The van der Waals surface area contributed by atoms with Crippen LogP contribution in [0.25, 0.3) is 0 Å². The molecule has 0 aliphatic carbocycles. The first-order valence-electron chi connectivity index (χ1n) is 5.42. The SMILES string of the molecule is CCCc1cc2c(c(C)c1C)COC2. The lowest BCUT2D eigenvalue weighted by Crippen LogP contribution is -1.98. The molecule has 1 aromatic rings. The van der Waals surface area contributed by atoms with E-state index in [1.807, 2.05) is 0 Å². The van der Waals surface area contributed by atoms with Gasteiger partial charge in [-0.1, -0.05) is 19.4 Å². The second-order valence-electron chi connectivity index (χ2n) is 4.17. The van der Waals surface area contributed by atoms with Gasteiger partial charge in [-0.05, 0) is 48.1 Å². The van der Waals surface area contributed by atoms with Gasteiger partial charge >= 0.3 is 0 Å². The number of fused-ring (bicyclic) bond motifs is 1. The Labute approximate surface area is 86.1 Å². The van der Waals surface area contributed by atoms with Crippen molar-refractivity contribution in [3.63, 3.8) is 0 Å². The molecule has 1 nitrogen and oxygen atoms in total. The summed E-state index contributed by atoms with van der Waals surface area (Å²) < 4.78 is 5.48. The molecule has 0 unspecified atom stereocenters. The van der Waals surface area contributed by atoms with Crippen LogP contribution in [0.15, 0.2) is 6.07 Å². The fourth-order valence-electron chi connectivity index (χ4n) is 2.24. The average molecular weight is 190 g/mol. The van der Waals surface area contributed by atoms with Crippen LogP contribution >= 0.6 is 0 Å². The Morgan fingerprint density at radius 3 is 2.71 bits per heavy atom. The Kier molecular flexibility index (Phi) is 2.60. The van der Waals surface area contributed by atoms with Gasteiger partial charge in [0.2, 0.25) is 0 Å². The molecule has 0 saturated heterocycles. The molecule has 0 amide bonds. The highest BCUT2D eigenvalue weighted by atomic mass is 16.5. The molecule has 1 aromatic carbocycles. The van der Waals surface area contributed by atoms with E-state index in [0.29, 0.717) is 0 Å². The van der Waals surface area contributed by atoms with Crippen LogP contribution in [0.3, 0.4) is 0 Å². The summed E-state index contributed by atoms with van der Waals surface area (Å²) in [5.41, 5.74) is 7.27. The van der Waals surface area contributed by atoms with Gasteiger partial charge in [0.15, 0.2) is 0 Å². The summed E-state index contributed by atoms with van der Waals surface area (Å²) in [6.07, 6.45) is 2.42. The second-order valence-corrected chi connectivity index (χ2v) is 4.17. The van der Waals surface area contributed by atoms with Crippen LogP contribution in [0.2, 0.25) is 0 Å². The summed E-state index contributed by atoms with van der Waals surface area (Å²) in [5, 5.41) is 0. The number of hydrogen-bond donors (Lipinski definition) is 0. The zero-order chi connectivity index (χ0) is 10.1. The fraction of sp³-hybridized carbons (Fsp3) is 0.538. The van der Waals surface area contributed by atoms with Gasteiger partial charge in [-0.2, -0.15) is 0 Å². The molecule has 0 bridgehead atoms. The molecule has 2 rings (SSSR count). The van der Waals surface area contributed by atoms with Crippen LogP contribution < -0.4 is 0 Å². The summed E-state index contributed by atoms with van der Waals surface area (Å²) in [4.78, 5) is 0.